The highest BCUT2D eigenvalue weighted by atomic mass is 16.5. The first kappa shape index (κ1) is 14.7. The summed E-state index contributed by atoms with van der Waals surface area (Å²) in [6, 6.07) is 6.65. The molecule has 7 nitrogen and oxygen atoms in total. The molecule has 0 unspecified atom stereocenters. The number of carbonyl (C=O) groups is 2. The van der Waals surface area contributed by atoms with E-state index in [0.717, 1.165) is 0 Å². The Balaban J connectivity index is 2.21. The largest absolute Gasteiger partial charge is 0.461 e. The topological polar surface area (TPSA) is 94.2 Å². The molecule has 1 heterocycles. The second-order valence-electron chi connectivity index (χ2n) is 4.09. The van der Waals surface area contributed by atoms with Crippen molar-refractivity contribution in [2.75, 3.05) is 6.61 Å². The summed E-state index contributed by atoms with van der Waals surface area (Å²) in [5.41, 5.74) is 1.18. The van der Waals surface area contributed by atoms with Crippen LogP contribution in [0.3, 0.4) is 0 Å². The van der Waals surface area contributed by atoms with E-state index in [2.05, 4.69) is 15.4 Å². The average Bonchev–Trinajstić information content (AvgIpc) is 2.97. The molecule has 0 atom stereocenters. The van der Waals surface area contributed by atoms with Crippen LogP contribution >= 0.6 is 0 Å². The van der Waals surface area contributed by atoms with E-state index in [-0.39, 0.29) is 18.3 Å². The lowest BCUT2D eigenvalue weighted by atomic mass is 10.1. The Kier molecular flexibility index (Phi) is 4.65. The van der Waals surface area contributed by atoms with E-state index >= 15 is 0 Å². The van der Waals surface area contributed by atoms with E-state index in [1.54, 1.807) is 38.1 Å². The Morgan fingerprint density at radius 2 is 1.86 bits per heavy atom. The Morgan fingerprint density at radius 3 is 2.48 bits per heavy atom. The number of nitrogens with zero attached hydrogens (tertiary/aromatic N) is 2. The summed E-state index contributed by atoms with van der Waals surface area (Å²) < 4.78 is 9.99. The minimum Gasteiger partial charge on any atom is -0.461 e. The van der Waals surface area contributed by atoms with Crippen molar-refractivity contribution in [3.63, 3.8) is 0 Å². The number of aromatic amines is 1. The Hall–Kier alpha value is -2.70. The van der Waals surface area contributed by atoms with Gasteiger partial charge in [-0.05, 0) is 31.2 Å². The van der Waals surface area contributed by atoms with Crippen LogP contribution in [0.4, 0.5) is 0 Å². The van der Waals surface area contributed by atoms with Crippen LogP contribution < -0.4 is 4.74 Å². The lowest BCUT2D eigenvalue weighted by Crippen LogP contribution is -2.07. The third kappa shape index (κ3) is 3.44. The maximum atomic E-state index is 11.7. The molecular weight excluding hydrogens is 274 g/mol. The van der Waals surface area contributed by atoms with Gasteiger partial charge in [0.15, 0.2) is 5.69 Å². The lowest BCUT2D eigenvalue weighted by Gasteiger charge is -2.04. The van der Waals surface area contributed by atoms with Crippen LogP contribution in [0, 0.1) is 0 Å². The Morgan fingerprint density at radius 1 is 1.14 bits per heavy atom. The number of hydrogen-bond acceptors (Lipinski definition) is 6. The van der Waals surface area contributed by atoms with E-state index in [9.17, 15) is 9.59 Å². The summed E-state index contributed by atoms with van der Waals surface area (Å²) in [5.74, 6) is -0.411. The fraction of sp³-hybridized carbons (Fsp3) is 0.286. The summed E-state index contributed by atoms with van der Waals surface area (Å²) in [6.45, 7) is 3.70. The zero-order chi connectivity index (χ0) is 15.2. The molecule has 1 aromatic carbocycles. The second kappa shape index (κ2) is 6.65. The smallest absolute Gasteiger partial charge is 0.361 e. The number of benzene rings is 1. The SMILES string of the molecule is CCOC(=O)c1n[nH]nc1-c1ccc(OC(=O)CC)cc1. The molecule has 0 fully saturated rings. The summed E-state index contributed by atoms with van der Waals surface area (Å²) in [7, 11) is 0. The van der Waals surface area contributed by atoms with Crippen molar-refractivity contribution < 1.29 is 19.1 Å². The molecule has 0 spiro atoms. The number of ether oxygens (including phenoxy) is 2. The number of carbonyl (C=O) groups excluding carboxylic acids is 2. The van der Waals surface area contributed by atoms with Crippen LogP contribution in [-0.4, -0.2) is 34.0 Å². The van der Waals surface area contributed by atoms with Crippen LogP contribution in [0.25, 0.3) is 11.3 Å². The molecule has 0 aliphatic rings. The van der Waals surface area contributed by atoms with Crippen LogP contribution in [0.5, 0.6) is 5.75 Å². The van der Waals surface area contributed by atoms with Gasteiger partial charge in [0.1, 0.15) is 11.4 Å². The highest BCUT2D eigenvalue weighted by Crippen LogP contribution is 2.23. The van der Waals surface area contributed by atoms with E-state index < -0.39 is 5.97 Å². The van der Waals surface area contributed by atoms with Crippen LogP contribution in [0.1, 0.15) is 30.8 Å². The van der Waals surface area contributed by atoms with Gasteiger partial charge in [0, 0.05) is 12.0 Å². The summed E-state index contributed by atoms with van der Waals surface area (Å²) in [5, 5.41) is 10.2. The number of hydrogen-bond donors (Lipinski definition) is 1. The third-order valence-electron chi connectivity index (χ3n) is 2.66. The number of aromatic nitrogens is 3. The summed E-state index contributed by atoms with van der Waals surface area (Å²) in [4.78, 5) is 22.9. The quantitative estimate of drug-likeness (QED) is 0.668. The van der Waals surface area contributed by atoms with Gasteiger partial charge in [-0.1, -0.05) is 6.92 Å². The van der Waals surface area contributed by atoms with Gasteiger partial charge >= 0.3 is 11.9 Å². The predicted molar refractivity (Wildman–Crippen MR) is 73.7 cm³/mol. The zero-order valence-corrected chi connectivity index (χ0v) is 11.8. The lowest BCUT2D eigenvalue weighted by molar-refractivity contribution is -0.134. The van der Waals surface area contributed by atoms with Crippen LogP contribution in [-0.2, 0) is 9.53 Å². The first-order valence-electron chi connectivity index (χ1n) is 6.54. The van der Waals surface area contributed by atoms with Crippen molar-refractivity contribution in [2.45, 2.75) is 20.3 Å². The molecule has 1 N–H and O–H groups in total. The minimum absolute atomic E-state index is 0.121. The Labute approximate surface area is 121 Å². The normalized spacial score (nSPS) is 10.2. The highest BCUT2D eigenvalue weighted by Gasteiger charge is 2.19. The molecule has 0 saturated heterocycles. The van der Waals surface area contributed by atoms with Crippen molar-refractivity contribution in [1.29, 1.82) is 0 Å². The van der Waals surface area contributed by atoms with Gasteiger partial charge in [-0.25, -0.2) is 4.79 Å². The van der Waals surface area contributed by atoms with Gasteiger partial charge in [-0.15, -0.1) is 5.10 Å². The maximum Gasteiger partial charge on any atom is 0.361 e. The van der Waals surface area contributed by atoms with Gasteiger partial charge in [-0.3, -0.25) is 4.79 Å². The van der Waals surface area contributed by atoms with Gasteiger partial charge in [0.05, 0.1) is 6.61 Å². The van der Waals surface area contributed by atoms with Crippen LogP contribution in [0.15, 0.2) is 24.3 Å². The third-order valence-corrected chi connectivity index (χ3v) is 2.66. The fourth-order valence-corrected chi connectivity index (χ4v) is 1.66. The number of rotatable bonds is 5. The van der Waals surface area contributed by atoms with Gasteiger partial charge in [0.25, 0.3) is 0 Å². The molecule has 0 aliphatic carbocycles. The van der Waals surface area contributed by atoms with Crippen molar-refractivity contribution in [3.05, 3.63) is 30.0 Å². The highest BCUT2D eigenvalue weighted by molar-refractivity contribution is 5.93. The molecule has 7 heteroatoms. The minimum atomic E-state index is -0.539. The van der Waals surface area contributed by atoms with Crippen molar-refractivity contribution in [1.82, 2.24) is 15.4 Å². The standard InChI is InChI=1S/C14H15N3O4/c1-3-11(18)21-10-7-5-9(6-8-10)12-13(16-17-15-12)14(19)20-4-2/h5-8H,3-4H2,1-2H3,(H,15,16,17). The summed E-state index contributed by atoms with van der Waals surface area (Å²) >= 11 is 0. The first-order chi connectivity index (χ1) is 10.2. The molecule has 2 rings (SSSR count). The number of H-pyrrole nitrogens is 1. The molecule has 0 saturated carbocycles. The molecule has 0 bridgehead atoms. The van der Waals surface area contributed by atoms with Crippen molar-refractivity contribution >= 4 is 11.9 Å². The second-order valence-corrected chi connectivity index (χ2v) is 4.09. The van der Waals surface area contributed by atoms with E-state index in [1.807, 2.05) is 0 Å². The molecule has 0 radical (unpaired) electrons. The van der Waals surface area contributed by atoms with Gasteiger partial charge < -0.3 is 9.47 Å². The molecule has 0 amide bonds. The van der Waals surface area contributed by atoms with E-state index in [1.165, 1.54) is 0 Å². The molecule has 110 valence electrons. The zero-order valence-electron chi connectivity index (χ0n) is 11.8. The molecule has 2 aromatic rings. The fourth-order valence-electron chi connectivity index (χ4n) is 1.66. The molecular formula is C14H15N3O4. The Bertz CT molecular complexity index is 634. The van der Waals surface area contributed by atoms with Crippen molar-refractivity contribution in [2.24, 2.45) is 0 Å². The van der Waals surface area contributed by atoms with Gasteiger partial charge in [0.2, 0.25) is 0 Å². The van der Waals surface area contributed by atoms with Crippen molar-refractivity contribution in [3.8, 4) is 17.0 Å². The first-order valence-corrected chi connectivity index (χ1v) is 6.54. The number of nitrogens with one attached hydrogen (secondary N) is 1. The predicted octanol–water partition coefficient (Wildman–Crippen LogP) is 1.96. The van der Waals surface area contributed by atoms with E-state index in [0.29, 0.717) is 23.4 Å². The monoisotopic (exact) mass is 289 g/mol. The number of esters is 2. The maximum absolute atomic E-state index is 11.7. The molecule has 21 heavy (non-hydrogen) atoms. The summed E-state index contributed by atoms with van der Waals surface area (Å²) in [6.07, 6.45) is 0.304. The molecule has 1 aromatic heterocycles. The van der Waals surface area contributed by atoms with Gasteiger partial charge in [-0.2, -0.15) is 10.3 Å². The average molecular weight is 289 g/mol. The van der Waals surface area contributed by atoms with E-state index in [4.69, 9.17) is 9.47 Å². The molecule has 0 aliphatic heterocycles. The van der Waals surface area contributed by atoms with Crippen LogP contribution in [0.2, 0.25) is 0 Å².